The van der Waals surface area contributed by atoms with Crippen molar-refractivity contribution in [3.8, 4) is 0 Å². The standard InChI is InChI=1S/C19H25NO5S/c1-2-25-19(24)15-13-9-5-6-10-14(13)26-17(15)20-16(21)11-7-3-4-8-12(11)18(22)23/h11-12H,2-10H2,1H3,(H,20,21)(H,22,23)/t11-,12-/m1/s1. The third-order valence-corrected chi connectivity index (χ3v) is 6.51. The molecular weight excluding hydrogens is 354 g/mol. The number of hydrogen-bond acceptors (Lipinski definition) is 5. The lowest BCUT2D eigenvalue weighted by Crippen LogP contribution is -2.36. The fraction of sp³-hybridized carbons (Fsp3) is 0.632. The van der Waals surface area contributed by atoms with E-state index in [0.29, 0.717) is 23.4 Å². The Morgan fingerprint density at radius 2 is 1.81 bits per heavy atom. The SMILES string of the molecule is CCOC(=O)c1c(NC(=O)[C@@H]2CCCC[C@H]2C(=O)O)sc2c1CCCC2. The minimum atomic E-state index is -0.916. The molecule has 0 radical (unpaired) electrons. The molecule has 1 amide bonds. The van der Waals surface area contributed by atoms with Crippen molar-refractivity contribution >= 4 is 34.2 Å². The van der Waals surface area contributed by atoms with E-state index >= 15 is 0 Å². The summed E-state index contributed by atoms with van der Waals surface area (Å²) in [6.45, 7) is 2.04. The molecule has 1 heterocycles. The first-order valence-electron chi connectivity index (χ1n) is 9.38. The Balaban J connectivity index is 1.86. The number of carboxylic acids is 1. The number of thiophene rings is 1. The van der Waals surface area contributed by atoms with Crippen LogP contribution in [0, 0.1) is 11.8 Å². The molecule has 2 aliphatic carbocycles. The summed E-state index contributed by atoms with van der Waals surface area (Å²) in [6.07, 6.45) is 6.61. The van der Waals surface area contributed by atoms with Crippen LogP contribution in [-0.2, 0) is 27.2 Å². The first-order valence-corrected chi connectivity index (χ1v) is 10.2. The average Bonchev–Trinajstić information content (AvgIpc) is 2.99. The van der Waals surface area contributed by atoms with Crippen LogP contribution in [0.1, 0.15) is 66.2 Å². The molecule has 2 N–H and O–H groups in total. The zero-order chi connectivity index (χ0) is 18.7. The molecule has 1 fully saturated rings. The number of nitrogens with one attached hydrogen (secondary N) is 1. The molecule has 0 unspecified atom stereocenters. The smallest absolute Gasteiger partial charge is 0.341 e. The molecule has 1 aromatic rings. The molecule has 6 nitrogen and oxygen atoms in total. The molecule has 1 saturated carbocycles. The molecule has 2 atom stereocenters. The van der Waals surface area contributed by atoms with E-state index in [1.54, 1.807) is 6.92 Å². The van der Waals surface area contributed by atoms with E-state index < -0.39 is 23.8 Å². The fourth-order valence-corrected chi connectivity index (χ4v) is 5.30. The van der Waals surface area contributed by atoms with Crippen molar-refractivity contribution in [1.29, 1.82) is 0 Å². The number of esters is 1. The summed E-state index contributed by atoms with van der Waals surface area (Å²) in [4.78, 5) is 37.9. The van der Waals surface area contributed by atoms with Gasteiger partial charge in [-0.1, -0.05) is 12.8 Å². The second kappa shape index (κ2) is 8.20. The highest BCUT2D eigenvalue weighted by molar-refractivity contribution is 7.17. The molecule has 7 heteroatoms. The molecule has 0 bridgehead atoms. The van der Waals surface area contributed by atoms with Crippen LogP contribution in [0.3, 0.4) is 0 Å². The van der Waals surface area contributed by atoms with Crippen molar-refractivity contribution in [3.63, 3.8) is 0 Å². The minimum absolute atomic E-state index is 0.278. The van der Waals surface area contributed by atoms with Crippen LogP contribution in [0.4, 0.5) is 5.00 Å². The lowest BCUT2D eigenvalue weighted by Gasteiger charge is -2.27. The van der Waals surface area contributed by atoms with Crippen LogP contribution < -0.4 is 5.32 Å². The van der Waals surface area contributed by atoms with Gasteiger partial charge in [0.1, 0.15) is 5.00 Å². The second-order valence-electron chi connectivity index (χ2n) is 6.96. The number of aryl methyl sites for hydroxylation is 1. The van der Waals surface area contributed by atoms with Gasteiger partial charge in [-0.25, -0.2) is 4.79 Å². The van der Waals surface area contributed by atoms with E-state index in [-0.39, 0.29) is 12.5 Å². The van der Waals surface area contributed by atoms with E-state index in [4.69, 9.17) is 4.74 Å². The summed E-state index contributed by atoms with van der Waals surface area (Å²) in [5, 5.41) is 12.8. The molecule has 3 rings (SSSR count). The fourth-order valence-electron chi connectivity index (χ4n) is 4.02. The van der Waals surface area contributed by atoms with E-state index in [1.165, 1.54) is 11.3 Å². The molecule has 26 heavy (non-hydrogen) atoms. The molecule has 1 aromatic heterocycles. The third-order valence-electron chi connectivity index (χ3n) is 5.31. The molecular formula is C19H25NO5S. The number of ether oxygens (including phenoxy) is 1. The normalized spacial score (nSPS) is 22.3. The number of aliphatic carboxylic acids is 1. The maximum atomic E-state index is 12.8. The van der Waals surface area contributed by atoms with Crippen molar-refractivity contribution in [3.05, 3.63) is 16.0 Å². The number of carbonyl (C=O) groups excluding carboxylic acids is 2. The highest BCUT2D eigenvalue weighted by Crippen LogP contribution is 2.40. The van der Waals surface area contributed by atoms with Crippen molar-refractivity contribution in [2.75, 3.05) is 11.9 Å². The molecule has 142 valence electrons. The van der Waals surface area contributed by atoms with E-state index in [1.807, 2.05) is 0 Å². The number of anilines is 1. The highest BCUT2D eigenvalue weighted by Gasteiger charge is 2.37. The van der Waals surface area contributed by atoms with E-state index in [0.717, 1.165) is 49.0 Å². The van der Waals surface area contributed by atoms with Gasteiger partial charge in [-0.2, -0.15) is 0 Å². The van der Waals surface area contributed by atoms with Gasteiger partial charge in [0.25, 0.3) is 0 Å². The largest absolute Gasteiger partial charge is 0.481 e. The summed E-state index contributed by atoms with van der Waals surface area (Å²) in [5.41, 5.74) is 1.47. The first kappa shape index (κ1) is 18.9. The van der Waals surface area contributed by atoms with Gasteiger partial charge in [-0.05, 0) is 51.0 Å². The second-order valence-corrected chi connectivity index (χ2v) is 8.07. The number of hydrogen-bond donors (Lipinski definition) is 2. The van der Waals surface area contributed by atoms with Crippen LogP contribution >= 0.6 is 11.3 Å². The zero-order valence-corrected chi connectivity index (χ0v) is 15.8. The number of fused-ring (bicyclic) bond motifs is 1. The van der Waals surface area contributed by atoms with Crippen molar-refractivity contribution in [1.82, 2.24) is 0 Å². The Morgan fingerprint density at radius 3 is 2.50 bits per heavy atom. The quantitative estimate of drug-likeness (QED) is 0.762. The van der Waals surface area contributed by atoms with Crippen molar-refractivity contribution in [2.45, 2.75) is 58.3 Å². The van der Waals surface area contributed by atoms with Gasteiger partial charge in [-0.15, -0.1) is 11.3 Å². The monoisotopic (exact) mass is 379 g/mol. The van der Waals surface area contributed by atoms with Gasteiger partial charge in [0.2, 0.25) is 5.91 Å². The highest BCUT2D eigenvalue weighted by atomic mass is 32.1. The number of carboxylic acid groups (broad SMARTS) is 1. The predicted octanol–water partition coefficient (Wildman–Crippen LogP) is 3.63. The van der Waals surface area contributed by atoms with Gasteiger partial charge < -0.3 is 15.2 Å². The number of rotatable bonds is 5. The summed E-state index contributed by atoms with van der Waals surface area (Å²) in [6, 6.07) is 0. The molecule has 0 spiro atoms. The van der Waals surface area contributed by atoms with Crippen LogP contribution in [-0.4, -0.2) is 29.6 Å². The number of amides is 1. The molecule has 2 aliphatic rings. The van der Waals surface area contributed by atoms with Crippen LogP contribution in [0.5, 0.6) is 0 Å². The minimum Gasteiger partial charge on any atom is -0.481 e. The van der Waals surface area contributed by atoms with Crippen LogP contribution in [0.15, 0.2) is 0 Å². The van der Waals surface area contributed by atoms with Crippen molar-refractivity contribution in [2.24, 2.45) is 11.8 Å². The van der Waals surface area contributed by atoms with E-state index in [2.05, 4.69) is 5.32 Å². The maximum absolute atomic E-state index is 12.8. The van der Waals surface area contributed by atoms with Gasteiger partial charge >= 0.3 is 11.9 Å². The first-order chi connectivity index (χ1) is 12.5. The van der Waals surface area contributed by atoms with E-state index in [9.17, 15) is 19.5 Å². The topological polar surface area (TPSA) is 92.7 Å². The Labute approximate surface area is 156 Å². The average molecular weight is 379 g/mol. The van der Waals surface area contributed by atoms with Crippen LogP contribution in [0.2, 0.25) is 0 Å². The molecule has 0 aliphatic heterocycles. The Hall–Kier alpha value is -1.89. The lowest BCUT2D eigenvalue weighted by atomic mass is 9.78. The summed E-state index contributed by atoms with van der Waals surface area (Å²) in [5.74, 6) is -2.80. The lowest BCUT2D eigenvalue weighted by molar-refractivity contribution is -0.147. The van der Waals surface area contributed by atoms with Gasteiger partial charge in [0, 0.05) is 4.88 Å². The van der Waals surface area contributed by atoms with Crippen molar-refractivity contribution < 1.29 is 24.2 Å². The molecule has 0 saturated heterocycles. The van der Waals surface area contributed by atoms with Crippen LogP contribution in [0.25, 0.3) is 0 Å². The Kier molecular flexibility index (Phi) is 5.96. The van der Waals surface area contributed by atoms with Gasteiger partial charge in [0.05, 0.1) is 24.0 Å². The summed E-state index contributed by atoms with van der Waals surface area (Å²) in [7, 11) is 0. The molecule has 0 aromatic carbocycles. The van der Waals surface area contributed by atoms with Gasteiger partial charge in [0.15, 0.2) is 0 Å². The summed E-state index contributed by atoms with van der Waals surface area (Å²) < 4.78 is 5.20. The zero-order valence-electron chi connectivity index (χ0n) is 15.0. The third kappa shape index (κ3) is 3.77. The predicted molar refractivity (Wildman–Crippen MR) is 98.6 cm³/mol. The van der Waals surface area contributed by atoms with Gasteiger partial charge in [-0.3, -0.25) is 9.59 Å². The Bertz CT molecular complexity index is 711. The Morgan fingerprint density at radius 1 is 1.12 bits per heavy atom. The summed E-state index contributed by atoms with van der Waals surface area (Å²) >= 11 is 1.44. The maximum Gasteiger partial charge on any atom is 0.341 e. The number of carbonyl (C=O) groups is 3.